The van der Waals surface area contributed by atoms with E-state index in [1.165, 1.54) is 10.5 Å². The molecule has 3 heterocycles. The fraction of sp³-hybridized carbons (Fsp3) is 0.333. The molecule has 1 aromatic heterocycles. The highest BCUT2D eigenvalue weighted by Gasteiger charge is 2.49. The maximum atomic E-state index is 13.3. The number of amides is 3. The van der Waals surface area contributed by atoms with E-state index in [0.717, 1.165) is 49.1 Å². The number of piperazine rings is 1. The third-order valence-electron chi connectivity index (χ3n) is 6.39. The van der Waals surface area contributed by atoms with Crippen LogP contribution in [-0.2, 0) is 16.9 Å². The topological polar surface area (TPSA) is 55.9 Å². The molecule has 2 aliphatic rings. The second kappa shape index (κ2) is 8.07. The number of carbonyl (C=O) groups excluding carboxylic acids is 2. The van der Waals surface area contributed by atoms with E-state index in [2.05, 4.69) is 31.9 Å². The van der Waals surface area contributed by atoms with Crippen LogP contribution in [0.4, 0.5) is 4.79 Å². The van der Waals surface area contributed by atoms with E-state index in [0.29, 0.717) is 6.67 Å². The normalized spacial score (nSPS) is 22.9. The van der Waals surface area contributed by atoms with Crippen LogP contribution in [0.2, 0.25) is 0 Å². The Bertz CT molecular complexity index is 1110. The van der Waals surface area contributed by atoms with Crippen molar-refractivity contribution in [2.24, 2.45) is 0 Å². The summed E-state index contributed by atoms with van der Waals surface area (Å²) in [4.78, 5) is 32.0. The van der Waals surface area contributed by atoms with Crippen LogP contribution in [0.15, 0.2) is 59.3 Å². The third-order valence-corrected chi connectivity index (χ3v) is 7.13. The molecule has 2 aromatic carbocycles. The summed E-state index contributed by atoms with van der Waals surface area (Å²) in [5, 5.41) is 9.41. The maximum Gasteiger partial charge on any atom is 0.326 e. The second-order valence-corrected chi connectivity index (χ2v) is 9.30. The zero-order chi connectivity index (χ0) is 21.4. The molecule has 2 aliphatic heterocycles. The van der Waals surface area contributed by atoms with Crippen molar-refractivity contribution in [2.45, 2.75) is 19.0 Å². The predicted molar refractivity (Wildman–Crippen MR) is 123 cm³/mol. The van der Waals surface area contributed by atoms with Crippen LogP contribution in [0.3, 0.4) is 0 Å². The fourth-order valence-electron chi connectivity index (χ4n) is 4.45. The molecule has 5 rings (SSSR count). The van der Waals surface area contributed by atoms with Gasteiger partial charge < -0.3 is 5.32 Å². The van der Waals surface area contributed by atoms with Crippen LogP contribution >= 0.6 is 11.3 Å². The van der Waals surface area contributed by atoms with Gasteiger partial charge in [-0.1, -0.05) is 36.4 Å². The number of thiophene rings is 1. The van der Waals surface area contributed by atoms with Crippen LogP contribution in [0.5, 0.6) is 0 Å². The molecule has 160 valence electrons. The van der Waals surface area contributed by atoms with Gasteiger partial charge in [-0.05, 0) is 51.7 Å². The van der Waals surface area contributed by atoms with Gasteiger partial charge in [0.2, 0.25) is 0 Å². The number of carbonyl (C=O) groups is 2. The summed E-state index contributed by atoms with van der Waals surface area (Å²) in [5.74, 6) is -0.187. The van der Waals surface area contributed by atoms with Gasteiger partial charge in [-0.2, -0.15) is 11.3 Å². The lowest BCUT2D eigenvalue weighted by Gasteiger charge is -2.36. The molecule has 0 spiro atoms. The highest BCUT2D eigenvalue weighted by atomic mass is 32.1. The van der Waals surface area contributed by atoms with Crippen molar-refractivity contribution in [1.82, 2.24) is 20.0 Å². The zero-order valence-corrected chi connectivity index (χ0v) is 18.4. The Balaban J connectivity index is 1.26. The van der Waals surface area contributed by atoms with E-state index in [-0.39, 0.29) is 11.9 Å². The van der Waals surface area contributed by atoms with Gasteiger partial charge in [0.1, 0.15) is 5.54 Å². The van der Waals surface area contributed by atoms with E-state index in [4.69, 9.17) is 0 Å². The van der Waals surface area contributed by atoms with Gasteiger partial charge in [0, 0.05) is 32.7 Å². The molecule has 0 aliphatic carbocycles. The number of nitrogens with zero attached hydrogens (tertiary/aromatic N) is 3. The van der Waals surface area contributed by atoms with E-state index < -0.39 is 5.54 Å². The van der Waals surface area contributed by atoms with Gasteiger partial charge in [0.15, 0.2) is 0 Å². The smallest absolute Gasteiger partial charge is 0.319 e. The average molecular weight is 435 g/mol. The molecule has 3 aromatic rings. The first-order valence-electron chi connectivity index (χ1n) is 10.6. The summed E-state index contributed by atoms with van der Waals surface area (Å²) in [7, 11) is 0. The SMILES string of the molecule is C[C@]1(c2ccc3ccccc3c2)NC(=O)N(CN2CCN(Cc3ccsc3)CC2)C1=O. The number of imide groups is 1. The fourth-order valence-corrected chi connectivity index (χ4v) is 5.11. The minimum Gasteiger partial charge on any atom is -0.319 e. The summed E-state index contributed by atoms with van der Waals surface area (Å²) in [5.41, 5.74) is 1.12. The molecular weight excluding hydrogens is 408 g/mol. The summed E-state index contributed by atoms with van der Waals surface area (Å²) in [6, 6.07) is 15.8. The Morgan fingerprint density at radius 2 is 1.71 bits per heavy atom. The van der Waals surface area contributed by atoms with Crippen molar-refractivity contribution in [3.8, 4) is 0 Å². The minimum atomic E-state index is -1.04. The van der Waals surface area contributed by atoms with Gasteiger partial charge in [0.05, 0.1) is 6.67 Å². The Morgan fingerprint density at radius 1 is 0.968 bits per heavy atom. The van der Waals surface area contributed by atoms with Gasteiger partial charge >= 0.3 is 6.03 Å². The molecule has 0 unspecified atom stereocenters. The average Bonchev–Trinajstić information content (AvgIpc) is 3.37. The number of hydrogen-bond donors (Lipinski definition) is 1. The lowest BCUT2D eigenvalue weighted by Crippen LogP contribution is -2.51. The van der Waals surface area contributed by atoms with Crippen LogP contribution < -0.4 is 5.32 Å². The highest BCUT2D eigenvalue weighted by Crippen LogP contribution is 2.31. The van der Waals surface area contributed by atoms with Crippen LogP contribution in [-0.4, -0.2) is 59.5 Å². The Kier molecular flexibility index (Phi) is 5.25. The molecule has 2 saturated heterocycles. The van der Waals surface area contributed by atoms with Crippen molar-refractivity contribution in [3.05, 3.63) is 70.4 Å². The maximum absolute atomic E-state index is 13.3. The number of rotatable bonds is 5. The summed E-state index contributed by atoms with van der Waals surface area (Å²) >= 11 is 1.72. The van der Waals surface area contributed by atoms with Gasteiger partial charge in [-0.3, -0.25) is 14.6 Å². The quantitative estimate of drug-likeness (QED) is 0.625. The van der Waals surface area contributed by atoms with E-state index in [9.17, 15) is 9.59 Å². The van der Waals surface area contributed by atoms with Crippen molar-refractivity contribution in [3.63, 3.8) is 0 Å². The number of nitrogens with one attached hydrogen (secondary N) is 1. The molecule has 7 heteroatoms. The standard InChI is InChI=1S/C24H26N4O2S/c1-24(21-7-6-19-4-2-3-5-20(19)14-21)22(29)28(23(30)25-24)17-27-11-9-26(10-12-27)15-18-8-13-31-16-18/h2-8,13-14,16H,9-12,15,17H2,1H3,(H,25,30)/t24-/m1/s1. The van der Waals surface area contributed by atoms with Gasteiger partial charge in [-0.15, -0.1) is 0 Å². The molecule has 3 amide bonds. The molecule has 6 nitrogen and oxygen atoms in total. The Morgan fingerprint density at radius 3 is 2.45 bits per heavy atom. The van der Waals surface area contributed by atoms with Crippen LogP contribution in [0.1, 0.15) is 18.1 Å². The number of fused-ring (bicyclic) bond motifs is 1. The van der Waals surface area contributed by atoms with Gasteiger partial charge in [0.25, 0.3) is 5.91 Å². The molecule has 0 bridgehead atoms. The second-order valence-electron chi connectivity index (χ2n) is 8.52. The highest BCUT2D eigenvalue weighted by molar-refractivity contribution is 7.07. The van der Waals surface area contributed by atoms with E-state index >= 15 is 0 Å². The number of hydrogen-bond acceptors (Lipinski definition) is 5. The molecule has 0 radical (unpaired) electrons. The molecule has 31 heavy (non-hydrogen) atoms. The molecule has 1 atom stereocenters. The molecular formula is C24H26N4O2S. The molecule has 2 fully saturated rings. The summed E-state index contributed by atoms with van der Waals surface area (Å²) in [6.07, 6.45) is 0. The largest absolute Gasteiger partial charge is 0.326 e. The first-order chi connectivity index (χ1) is 15.0. The Labute approximate surface area is 186 Å². The lowest BCUT2D eigenvalue weighted by atomic mass is 9.90. The zero-order valence-electron chi connectivity index (χ0n) is 17.6. The van der Waals surface area contributed by atoms with Gasteiger partial charge in [-0.25, -0.2) is 9.69 Å². The predicted octanol–water partition coefficient (Wildman–Crippen LogP) is 3.44. The Hall–Kier alpha value is -2.74. The first-order valence-corrected chi connectivity index (χ1v) is 11.6. The van der Waals surface area contributed by atoms with E-state index in [1.807, 2.05) is 42.5 Å². The molecule has 1 N–H and O–H groups in total. The first kappa shape index (κ1) is 20.2. The summed E-state index contributed by atoms with van der Waals surface area (Å²) in [6.45, 7) is 6.64. The van der Waals surface area contributed by atoms with Crippen molar-refractivity contribution >= 4 is 34.0 Å². The van der Waals surface area contributed by atoms with E-state index in [1.54, 1.807) is 18.3 Å². The lowest BCUT2D eigenvalue weighted by molar-refractivity contribution is -0.132. The van der Waals surface area contributed by atoms with Crippen LogP contribution in [0, 0.1) is 0 Å². The molecule has 0 saturated carbocycles. The number of urea groups is 1. The minimum absolute atomic E-state index is 0.187. The van der Waals surface area contributed by atoms with Crippen molar-refractivity contribution in [2.75, 3.05) is 32.8 Å². The monoisotopic (exact) mass is 434 g/mol. The van der Waals surface area contributed by atoms with Crippen molar-refractivity contribution in [1.29, 1.82) is 0 Å². The van der Waals surface area contributed by atoms with Crippen LogP contribution in [0.25, 0.3) is 10.8 Å². The summed E-state index contributed by atoms with van der Waals surface area (Å²) < 4.78 is 0. The van der Waals surface area contributed by atoms with Crippen molar-refractivity contribution < 1.29 is 9.59 Å². The third kappa shape index (κ3) is 3.84. The number of benzene rings is 2.